The van der Waals surface area contributed by atoms with E-state index < -0.39 is 17.9 Å². The van der Waals surface area contributed by atoms with Crippen molar-refractivity contribution in [3.8, 4) is 0 Å². The van der Waals surface area contributed by atoms with E-state index in [4.69, 9.17) is 9.84 Å². The van der Waals surface area contributed by atoms with Crippen LogP contribution in [0.1, 0.15) is 27.2 Å². The maximum Gasteiger partial charge on any atom is 0.315 e. The van der Waals surface area contributed by atoms with Crippen LogP contribution in [-0.4, -0.2) is 42.9 Å². The average Bonchev–Trinajstić information content (AvgIpc) is 2.27. The number of hydrogen-bond acceptors (Lipinski definition) is 3. The number of rotatable bonds is 8. The Hall–Kier alpha value is -1.30. The van der Waals surface area contributed by atoms with Crippen LogP contribution in [0.3, 0.4) is 0 Å². The Morgan fingerprint density at radius 1 is 1.35 bits per heavy atom. The highest BCUT2D eigenvalue weighted by Gasteiger charge is 2.20. The summed E-state index contributed by atoms with van der Waals surface area (Å²) in [5, 5.41) is 14.0. The normalized spacial score (nSPS) is 13.8. The maximum absolute atomic E-state index is 11.4. The van der Waals surface area contributed by atoms with Crippen LogP contribution < -0.4 is 10.6 Å². The molecule has 17 heavy (non-hydrogen) atoms. The Balaban J connectivity index is 3.67. The Morgan fingerprint density at radius 2 is 2.00 bits per heavy atom. The molecule has 2 atom stereocenters. The van der Waals surface area contributed by atoms with Crippen molar-refractivity contribution in [2.24, 2.45) is 5.92 Å². The fourth-order valence-corrected chi connectivity index (χ4v) is 1.12. The first-order valence-electron chi connectivity index (χ1n) is 5.84. The molecule has 6 nitrogen and oxygen atoms in total. The number of carbonyl (C=O) groups is 2. The molecule has 100 valence electrons. The number of urea groups is 1. The molecule has 0 rings (SSSR count). The lowest BCUT2D eigenvalue weighted by Gasteiger charge is -2.18. The van der Waals surface area contributed by atoms with Gasteiger partial charge in [0.05, 0.1) is 5.92 Å². The summed E-state index contributed by atoms with van der Waals surface area (Å²) in [5.41, 5.74) is 0. The molecule has 6 heteroatoms. The number of carbonyl (C=O) groups excluding carboxylic acids is 1. The number of ether oxygens (including phenoxy) is 1. The summed E-state index contributed by atoms with van der Waals surface area (Å²) in [6.07, 6.45) is 0.740. The van der Waals surface area contributed by atoms with E-state index >= 15 is 0 Å². The molecule has 0 saturated heterocycles. The van der Waals surface area contributed by atoms with E-state index in [1.54, 1.807) is 13.8 Å². The zero-order valence-electron chi connectivity index (χ0n) is 10.7. The standard InChI is InChI=1S/C11H22N2O4/c1-4-17-7-5-6-12-11(16)13-9(3)8(2)10(14)15/h8-9H,4-7H2,1-3H3,(H,14,15)(H2,12,13,16). The van der Waals surface area contributed by atoms with Gasteiger partial charge in [0, 0.05) is 25.8 Å². The SMILES string of the molecule is CCOCCCNC(=O)NC(C)C(C)C(=O)O. The van der Waals surface area contributed by atoms with Crippen LogP contribution >= 0.6 is 0 Å². The second kappa shape index (κ2) is 8.81. The van der Waals surface area contributed by atoms with E-state index in [1.807, 2.05) is 6.92 Å². The quantitative estimate of drug-likeness (QED) is 0.553. The zero-order valence-corrected chi connectivity index (χ0v) is 10.7. The van der Waals surface area contributed by atoms with Gasteiger partial charge < -0.3 is 20.5 Å². The molecule has 2 amide bonds. The van der Waals surface area contributed by atoms with E-state index in [0.29, 0.717) is 19.8 Å². The number of carboxylic acid groups (broad SMARTS) is 1. The Labute approximate surface area is 102 Å². The number of nitrogens with one attached hydrogen (secondary N) is 2. The van der Waals surface area contributed by atoms with Gasteiger partial charge in [0.15, 0.2) is 0 Å². The van der Waals surface area contributed by atoms with Gasteiger partial charge in [-0.05, 0) is 27.2 Å². The van der Waals surface area contributed by atoms with E-state index in [2.05, 4.69) is 10.6 Å². The predicted octanol–water partition coefficient (Wildman–Crippen LogP) is 0.821. The third kappa shape index (κ3) is 7.57. The number of hydrogen-bond donors (Lipinski definition) is 3. The molecule has 0 radical (unpaired) electrons. The summed E-state index contributed by atoms with van der Waals surface area (Å²) in [6.45, 7) is 6.92. The predicted molar refractivity (Wildman–Crippen MR) is 63.9 cm³/mol. The average molecular weight is 246 g/mol. The molecule has 0 aliphatic carbocycles. The molecule has 0 bridgehead atoms. The first kappa shape index (κ1) is 15.7. The van der Waals surface area contributed by atoms with Crippen molar-refractivity contribution in [2.45, 2.75) is 33.2 Å². The number of amides is 2. The van der Waals surface area contributed by atoms with Crippen LogP contribution in [0.2, 0.25) is 0 Å². The highest BCUT2D eigenvalue weighted by atomic mass is 16.5. The van der Waals surface area contributed by atoms with Crippen LogP contribution in [0.5, 0.6) is 0 Å². The molecule has 2 unspecified atom stereocenters. The number of carboxylic acids is 1. The van der Waals surface area contributed by atoms with E-state index in [-0.39, 0.29) is 6.03 Å². The molecule has 0 aromatic carbocycles. The lowest BCUT2D eigenvalue weighted by atomic mass is 10.0. The van der Waals surface area contributed by atoms with Crippen molar-refractivity contribution in [1.82, 2.24) is 10.6 Å². The molecular formula is C11H22N2O4. The van der Waals surface area contributed by atoms with Crippen LogP contribution in [0.4, 0.5) is 4.79 Å². The summed E-state index contributed by atoms with van der Waals surface area (Å²) in [4.78, 5) is 22.0. The van der Waals surface area contributed by atoms with Crippen LogP contribution in [0.15, 0.2) is 0 Å². The third-order valence-electron chi connectivity index (χ3n) is 2.45. The topological polar surface area (TPSA) is 87.7 Å². The van der Waals surface area contributed by atoms with E-state index in [1.165, 1.54) is 0 Å². The second-order valence-corrected chi connectivity index (χ2v) is 3.87. The van der Waals surface area contributed by atoms with Gasteiger partial charge >= 0.3 is 12.0 Å². The Bertz CT molecular complexity index is 246. The van der Waals surface area contributed by atoms with Crippen molar-refractivity contribution in [3.63, 3.8) is 0 Å². The summed E-state index contributed by atoms with van der Waals surface area (Å²) in [6, 6.07) is -0.749. The van der Waals surface area contributed by atoms with Crippen LogP contribution in [0, 0.1) is 5.92 Å². The minimum absolute atomic E-state index is 0.345. The van der Waals surface area contributed by atoms with Crippen LogP contribution in [-0.2, 0) is 9.53 Å². The molecular weight excluding hydrogens is 224 g/mol. The molecule has 0 aromatic rings. The highest BCUT2D eigenvalue weighted by molar-refractivity contribution is 5.76. The summed E-state index contributed by atoms with van der Waals surface area (Å²) < 4.78 is 5.12. The van der Waals surface area contributed by atoms with Gasteiger partial charge in [-0.25, -0.2) is 4.79 Å². The fourth-order valence-electron chi connectivity index (χ4n) is 1.12. The molecule has 3 N–H and O–H groups in total. The first-order chi connectivity index (χ1) is 7.99. The van der Waals surface area contributed by atoms with Gasteiger partial charge in [-0.1, -0.05) is 0 Å². The third-order valence-corrected chi connectivity index (χ3v) is 2.45. The van der Waals surface area contributed by atoms with Crippen molar-refractivity contribution in [3.05, 3.63) is 0 Å². The highest BCUT2D eigenvalue weighted by Crippen LogP contribution is 2.01. The van der Waals surface area contributed by atoms with Gasteiger partial charge in [-0.2, -0.15) is 0 Å². The Kier molecular flexibility index (Phi) is 8.13. The van der Waals surface area contributed by atoms with Gasteiger partial charge in [-0.15, -0.1) is 0 Å². The molecule has 0 aromatic heterocycles. The second-order valence-electron chi connectivity index (χ2n) is 3.87. The van der Waals surface area contributed by atoms with Gasteiger partial charge in [0.2, 0.25) is 0 Å². The fraction of sp³-hybridized carbons (Fsp3) is 0.818. The molecule has 0 fully saturated rings. The first-order valence-corrected chi connectivity index (χ1v) is 5.84. The molecule has 0 aliphatic heterocycles. The largest absolute Gasteiger partial charge is 0.481 e. The smallest absolute Gasteiger partial charge is 0.315 e. The minimum atomic E-state index is -0.922. The molecule has 0 spiro atoms. The lowest BCUT2D eigenvalue weighted by Crippen LogP contribution is -2.45. The molecule has 0 heterocycles. The van der Waals surface area contributed by atoms with Crippen molar-refractivity contribution >= 4 is 12.0 Å². The lowest BCUT2D eigenvalue weighted by molar-refractivity contribution is -0.141. The zero-order chi connectivity index (χ0) is 13.3. The van der Waals surface area contributed by atoms with E-state index in [9.17, 15) is 9.59 Å². The molecule has 0 aliphatic rings. The van der Waals surface area contributed by atoms with Crippen molar-refractivity contribution in [2.75, 3.05) is 19.8 Å². The van der Waals surface area contributed by atoms with Crippen LogP contribution in [0.25, 0.3) is 0 Å². The number of aliphatic carboxylic acids is 1. The minimum Gasteiger partial charge on any atom is -0.481 e. The van der Waals surface area contributed by atoms with Crippen molar-refractivity contribution < 1.29 is 19.4 Å². The van der Waals surface area contributed by atoms with Crippen molar-refractivity contribution in [1.29, 1.82) is 0 Å². The van der Waals surface area contributed by atoms with Gasteiger partial charge in [-0.3, -0.25) is 4.79 Å². The van der Waals surface area contributed by atoms with E-state index in [0.717, 1.165) is 6.42 Å². The van der Waals surface area contributed by atoms with Gasteiger partial charge in [0.1, 0.15) is 0 Å². The molecule has 0 saturated carbocycles. The Morgan fingerprint density at radius 3 is 2.53 bits per heavy atom. The summed E-state index contributed by atoms with van der Waals surface area (Å²) in [7, 11) is 0. The summed E-state index contributed by atoms with van der Waals surface area (Å²) >= 11 is 0. The maximum atomic E-state index is 11.4. The summed E-state index contributed by atoms with van der Waals surface area (Å²) in [5.74, 6) is -1.53. The monoisotopic (exact) mass is 246 g/mol. The van der Waals surface area contributed by atoms with Gasteiger partial charge in [0.25, 0.3) is 0 Å².